The standard InChI is InChI=1S/C25H34N6O5.C22H25N7OS.C4H8O/c1-16-22(27-18-6-9-34-13-18)28-23(17-4-3-5-21(10-17)35-15-20(32)11-26-2)29-24(16)30-7-8-31-19(12-30)14-36-25(31)33;1-14-19(18-12-29(31-3)22-17(18)11-25-13-26-22)27-21(28-20(14)23)15-6-4-7-16(10-15)30-9-5-8-24-2;1-2-4-5-3-1/h3-5,10,18-20,26,32H,6-9,11-15H2,1-2H3,(H,27,28,29);4,6-7,10-13,24H,5,8-9H2,1-3H3,(H2,23,27,28);1-4H2. The van der Waals surface area contributed by atoms with Crippen molar-refractivity contribution in [3.05, 3.63) is 78.4 Å². The number of carbonyl (C=O) groups excluding carboxylic acids is 1. The first-order chi connectivity index (χ1) is 35.1. The van der Waals surface area contributed by atoms with Crippen molar-refractivity contribution in [3.63, 3.8) is 0 Å². The third kappa shape index (κ3) is 13.0. The van der Waals surface area contributed by atoms with Crippen LogP contribution in [-0.4, -0.2) is 167 Å². The Morgan fingerprint density at radius 3 is 2.38 bits per heavy atom. The molecule has 0 bridgehead atoms. The van der Waals surface area contributed by atoms with Crippen LogP contribution in [0, 0.1) is 13.8 Å². The van der Waals surface area contributed by atoms with Crippen molar-refractivity contribution in [2.45, 2.75) is 57.7 Å². The number of anilines is 3. The fourth-order valence-corrected chi connectivity index (χ4v) is 9.21. The lowest BCUT2D eigenvalue weighted by atomic mass is 10.1. The third-order valence-electron chi connectivity index (χ3n) is 12.6. The molecule has 0 spiro atoms. The number of nitrogens with zero attached hydrogens (tertiary/aromatic N) is 9. The predicted molar refractivity (Wildman–Crippen MR) is 281 cm³/mol. The van der Waals surface area contributed by atoms with Gasteiger partial charge >= 0.3 is 6.09 Å². The maximum atomic E-state index is 12.0. The number of aliphatic hydroxyl groups excluding tert-OH is 1. The molecule has 1 amide bonds. The van der Waals surface area contributed by atoms with Crippen LogP contribution < -0.4 is 36.1 Å². The van der Waals surface area contributed by atoms with Crippen molar-refractivity contribution in [3.8, 4) is 45.5 Å². The largest absolute Gasteiger partial charge is 0.494 e. The number of nitrogen functional groups attached to an aromatic ring is 1. The number of cyclic esters (lactones) is 1. The fourth-order valence-electron chi connectivity index (χ4n) is 8.68. The molecule has 2 aromatic carbocycles. The molecule has 8 heterocycles. The lowest BCUT2D eigenvalue weighted by Gasteiger charge is -2.37. The summed E-state index contributed by atoms with van der Waals surface area (Å²) in [6.45, 7) is 11.8. The molecule has 10 rings (SSSR count). The van der Waals surface area contributed by atoms with E-state index in [-0.39, 0.29) is 24.8 Å². The van der Waals surface area contributed by atoms with Crippen molar-refractivity contribution in [2.75, 3.05) is 115 Å². The number of fused-ring (bicyclic) bond motifs is 2. The van der Waals surface area contributed by atoms with Crippen LogP contribution in [0.3, 0.4) is 0 Å². The van der Waals surface area contributed by atoms with Gasteiger partial charge in [-0.3, -0.25) is 8.87 Å². The second-order valence-electron chi connectivity index (χ2n) is 17.8. The molecule has 6 aromatic rings. The van der Waals surface area contributed by atoms with E-state index in [1.807, 2.05) is 85.9 Å². The average Bonchev–Trinajstić information content (AvgIpc) is 4.27. The van der Waals surface area contributed by atoms with E-state index in [1.165, 1.54) is 12.8 Å². The van der Waals surface area contributed by atoms with Gasteiger partial charge in [0, 0.05) is 97.9 Å². The van der Waals surface area contributed by atoms with E-state index in [2.05, 4.69) is 35.8 Å². The van der Waals surface area contributed by atoms with Crippen LogP contribution in [0.25, 0.3) is 45.1 Å². The number of rotatable bonds is 17. The number of ether oxygens (including phenoxy) is 5. The van der Waals surface area contributed by atoms with E-state index < -0.39 is 6.10 Å². The van der Waals surface area contributed by atoms with E-state index in [0.29, 0.717) is 69.2 Å². The Morgan fingerprint density at radius 1 is 0.917 bits per heavy atom. The van der Waals surface area contributed by atoms with Crippen molar-refractivity contribution >= 4 is 46.5 Å². The summed E-state index contributed by atoms with van der Waals surface area (Å²) in [7, 11) is 3.72. The number of hydrogen-bond donors (Lipinski definition) is 5. The van der Waals surface area contributed by atoms with Crippen molar-refractivity contribution in [1.29, 1.82) is 0 Å². The zero-order valence-corrected chi connectivity index (χ0v) is 42.6. The minimum absolute atomic E-state index is 0.0180. The van der Waals surface area contributed by atoms with Gasteiger partial charge in [0.1, 0.15) is 54.6 Å². The van der Waals surface area contributed by atoms with Gasteiger partial charge in [-0.15, -0.1) is 0 Å². The molecule has 3 unspecified atom stereocenters. The third-order valence-corrected chi connectivity index (χ3v) is 13.3. The van der Waals surface area contributed by atoms with E-state index in [1.54, 1.807) is 36.4 Å². The highest BCUT2D eigenvalue weighted by Crippen LogP contribution is 2.36. The maximum absolute atomic E-state index is 12.0. The molecule has 0 radical (unpaired) electrons. The number of aliphatic hydroxyl groups is 1. The quantitative estimate of drug-likeness (QED) is 0.0699. The summed E-state index contributed by atoms with van der Waals surface area (Å²) in [5.41, 5.74) is 12.3. The van der Waals surface area contributed by atoms with Gasteiger partial charge in [0.25, 0.3) is 0 Å². The minimum Gasteiger partial charge on any atom is -0.494 e. The van der Waals surface area contributed by atoms with E-state index in [9.17, 15) is 9.90 Å². The van der Waals surface area contributed by atoms with Crippen molar-refractivity contribution in [1.82, 2.24) is 49.4 Å². The molecule has 21 heteroatoms. The number of amides is 1. The van der Waals surface area contributed by atoms with Crippen molar-refractivity contribution in [2.24, 2.45) is 0 Å². The monoisotopic (exact) mass is 1010 g/mol. The van der Waals surface area contributed by atoms with Gasteiger partial charge in [0.2, 0.25) is 0 Å². The number of aromatic nitrogens is 7. The van der Waals surface area contributed by atoms with Gasteiger partial charge in [-0.05, 0) is 96.4 Å². The number of nitrogens with two attached hydrogens (primary N) is 1. The smallest absolute Gasteiger partial charge is 0.410 e. The predicted octanol–water partition coefficient (Wildman–Crippen LogP) is 5.61. The van der Waals surface area contributed by atoms with Crippen molar-refractivity contribution < 1.29 is 33.6 Å². The molecule has 6 N–H and O–H groups in total. The number of carbonyl (C=O) groups is 1. The highest BCUT2D eigenvalue weighted by Gasteiger charge is 2.38. The summed E-state index contributed by atoms with van der Waals surface area (Å²) in [5.74, 6) is 4.63. The normalized spacial score (nSPS) is 17.7. The van der Waals surface area contributed by atoms with E-state index >= 15 is 0 Å². The summed E-state index contributed by atoms with van der Waals surface area (Å²) >= 11 is 1.57. The second-order valence-corrected chi connectivity index (χ2v) is 18.6. The summed E-state index contributed by atoms with van der Waals surface area (Å²) in [4.78, 5) is 43.9. The SMILES string of the molecule is C1CCOC1.CNCC(O)COc1cccc(-c2nc(NC3CCOC3)c(C)c(N3CCN4C(=O)OCC4C3)n2)c1.CNCCCOc1cccc(-c2nc(N)c(C)c(-c3cn(SC)c4ncncc34)n2)c1. The highest BCUT2D eigenvalue weighted by atomic mass is 32.2. The summed E-state index contributed by atoms with van der Waals surface area (Å²) in [5, 5.41) is 20.5. The van der Waals surface area contributed by atoms with Gasteiger partial charge in [-0.1, -0.05) is 24.3 Å². The van der Waals surface area contributed by atoms with Gasteiger partial charge in [0.05, 0.1) is 31.0 Å². The van der Waals surface area contributed by atoms with Gasteiger partial charge in [0.15, 0.2) is 17.3 Å². The number of piperazine rings is 1. The van der Waals surface area contributed by atoms with Crippen LogP contribution >= 0.6 is 11.9 Å². The summed E-state index contributed by atoms with van der Waals surface area (Å²) < 4.78 is 29.4. The van der Waals surface area contributed by atoms with Crippen LogP contribution in [0.2, 0.25) is 0 Å². The number of benzene rings is 2. The first kappa shape index (κ1) is 52.0. The van der Waals surface area contributed by atoms with Crippen LogP contribution in [0.15, 0.2) is 67.3 Å². The molecule has 384 valence electrons. The lowest BCUT2D eigenvalue weighted by Crippen LogP contribution is -2.52. The van der Waals surface area contributed by atoms with E-state index in [0.717, 1.165) is 101 Å². The number of hydrogen-bond acceptors (Lipinski definition) is 19. The Morgan fingerprint density at radius 2 is 1.68 bits per heavy atom. The molecule has 4 fully saturated rings. The van der Waals surface area contributed by atoms with Gasteiger partial charge < -0.3 is 55.4 Å². The second kappa shape index (κ2) is 25.3. The zero-order chi connectivity index (χ0) is 50.4. The molecule has 0 aliphatic carbocycles. The number of nitrogens with one attached hydrogen (secondary N) is 3. The molecule has 4 aliphatic heterocycles. The Balaban J connectivity index is 0.000000177. The first-order valence-electron chi connectivity index (χ1n) is 24.6. The zero-order valence-electron chi connectivity index (χ0n) is 41.8. The van der Waals surface area contributed by atoms with Gasteiger partial charge in [-0.2, -0.15) is 0 Å². The highest BCUT2D eigenvalue weighted by molar-refractivity contribution is 7.97. The Bertz CT molecular complexity index is 2730. The lowest BCUT2D eigenvalue weighted by molar-refractivity contribution is 0.108. The van der Waals surface area contributed by atoms with Gasteiger partial charge in [-0.25, -0.2) is 34.7 Å². The Kier molecular flexibility index (Phi) is 18.3. The van der Waals surface area contributed by atoms with Crippen LogP contribution in [0.5, 0.6) is 11.5 Å². The molecule has 72 heavy (non-hydrogen) atoms. The first-order valence-corrected chi connectivity index (χ1v) is 25.7. The molecule has 4 aromatic heterocycles. The maximum Gasteiger partial charge on any atom is 0.410 e. The van der Waals surface area contributed by atoms with E-state index in [4.69, 9.17) is 44.4 Å². The van der Waals surface area contributed by atoms with Crippen LogP contribution in [0.1, 0.15) is 36.8 Å². The molecule has 3 atom stereocenters. The number of likely N-dealkylation sites (N-methyl/N-ethyl adjacent to an activating group) is 1. The Labute approximate surface area is 424 Å². The molecular weight excluding hydrogens is 939 g/mol. The summed E-state index contributed by atoms with van der Waals surface area (Å²) in [6.07, 6.45) is 10.9. The molecule has 0 saturated carbocycles. The topological polar surface area (TPSA) is 234 Å². The fraction of sp³-hybridized carbons (Fsp3) is 0.471. The molecule has 4 saturated heterocycles. The minimum atomic E-state index is -0.601. The van der Waals surface area contributed by atoms with Crippen LogP contribution in [-0.2, 0) is 14.2 Å². The Hall–Kier alpha value is -6.36. The molecule has 20 nitrogen and oxygen atoms in total. The van der Waals surface area contributed by atoms with Crippen LogP contribution in [0.4, 0.5) is 22.2 Å². The summed E-state index contributed by atoms with van der Waals surface area (Å²) in [6, 6.07) is 15.6. The molecular formula is C51H67N13O7S. The average molecular weight is 1010 g/mol. The molecule has 4 aliphatic rings.